The molecule has 2 rings (SSSR count). The zero-order chi connectivity index (χ0) is 67.6. The molecule has 0 aliphatic carbocycles. The summed E-state index contributed by atoms with van der Waals surface area (Å²) in [6.07, 6.45) is 94.9. The summed E-state index contributed by atoms with van der Waals surface area (Å²) in [7, 11) is 0. The molecular weight excluding hydrogens is 1150 g/mol. The topological polar surface area (TPSA) is 24.7 Å². The zero-order valence-corrected chi connectivity index (χ0v) is 64.3. The Hall–Kier alpha value is -3.54. The van der Waals surface area contributed by atoms with Crippen molar-refractivity contribution in [2.24, 2.45) is 9.98 Å². The third-order valence-electron chi connectivity index (χ3n) is 20.2. The summed E-state index contributed by atoms with van der Waals surface area (Å²) in [5.74, 6) is 21.0. The first-order valence-electron chi connectivity index (χ1n) is 43.0. The van der Waals surface area contributed by atoms with Crippen molar-refractivity contribution in [3.8, 4) is 35.5 Å². The molecule has 0 heterocycles. The molecule has 540 valence electrons. The van der Waals surface area contributed by atoms with E-state index in [1.165, 1.54) is 398 Å². The molecule has 0 aliphatic rings. The number of aliphatic imine (C=N–C) groups is 2. The van der Waals surface area contributed by atoms with Crippen LogP contribution >= 0.6 is 0 Å². The molecule has 0 aromatic heterocycles. The number of rotatable bonds is 69. The van der Waals surface area contributed by atoms with Crippen LogP contribution in [0.3, 0.4) is 0 Å². The Morgan fingerprint density at radius 2 is 0.421 bits per heavy atom. The van der Waals surface area contributed by atoms with E-state index >= 15 is 0 Å². The summed E-state index contributed by atoms with van der Waals surface area (Å²) in [4.78, 5) is 10.5. The van der Waals surface area contributed by atoms with Crippen molar-refractivity contribution in [3.63, 3.8) is 0 Å². The zero-order valence-electron chi connectivity index (χ0n) is 64.3. The highest BCUT2D eigenvalue weighted by Gasteiger charge is 2.10. The standard InChI is InChI=1S/C93H158N2/c1-5-9-13-16-19-22-25-28-31-34-37-40-41-42-43-44-45-48-51-54-57-60-63-66-69-72-75-79-93(95-91-86-82-89(83-87-91)77-74-71-68-65-62-59-56-53-50-47-39-36-33-30-27-24-21-18-15-11-7-3)92(78-12-8-4)94-90-84-80-88(81-85-90)76-73-70-67-64-61-58-55-52-49-46-38-35-32-29-26-23-20-17-14-10-6-2/h80-87H,5-72,78H2,1-4H3. The molecule has 0 spiro atoms. The van der Waals surface area contributed by atoms with Gasteiger partial charge in [-0.05, 0) is 86.6 Å². The second-order valence-electron chi connectivity index (χ2n) is 29.6. The molecule has 0 atom stereocenters. The van der Waals surface area contributed by atoms with E-state index in [0.29, 0.717) is 0 Å². The molecule has 2 nitrogen and oxygen atoms in total. The SMILES string of the molecule is CCCCCCCCCCCCCCCCCCCCCC#Cc1ccc(N=C(C#CCCCCCCCCCCCCCCCCCCCCCCCCCCC)C(CCCC)=Nc2ccc(C#CCCCCCCCCCCCCCCCCCCCCC)cc2)cc1. The highest BCUT2D eigenvalue weighted by atomic mass is 14.8. The third kappa shape index (κ3) is 61.3. The molecule has 0 N–H and O–H groups in total. The smallest absolute Gasteiger partial charge is 0.135 e. The molecule has 0 unspecified atom stereocenters. The van der Waals surface area contributed by atoms with Gasteiger partial charge in [0.05, 0.1) is 17.1 Å². The average molecular weight is 1300 g/mol. The highest BCUT2D eigenvalue weighted by Crippen LogP contribution is 2.23. The predicted molar refractivity (Wildman–Crippen MR) is 430 cm³/mol. The number of benzene rings is 2. The fourth-order valence-corrected chi connectivity index (χ4v) is 13.7. The second kappa shape index (κ2) is 73.2. The molecule has 0 bridgehead atoms. The largest absolute Gasteiger partial charge is 0.251 e. The van der Waals surface area contributed by atoms with Crippen molar-refractivity contribution in [1.29, 1.82) is 0 Å². The van der Waals surface area contributed by atoms with E-state index in [4.69, 9.17) is 9.98 Å². The van der Waals surface area contributed by atoms with Crippen LogP contribution < -0.4 is 0 Å². The van der Waals surface area contributed by atoms with E-state index in [1.54, 1.807) is 0 Å². The molecule has 0 aliphatic heterocycles. The third-order valence-corrected chi connectivity index (χ3v) is 20.2. The highest BCUT2D eigenvalue weighted by molar-refractivity contribution is 6.49. The van der Waals surface area contributed by atoms with Gasteiger partial charge in [0.15, 0.2) is 0 Å². The monoisotopic (exact) mass is 1300 g/mol. The van der Waals surface area contributed by atoms with Crippen LogP contribution in [0, 0.1) is 35.5 Å². The van der Waals surface area contributed by atoms with Gasteiger partial charge in [-0.1, -0.05) is 449 Å². The second-order valence-corrected chi connectivity index (χ2v) is 29.6. The van der Waals surface area contributed by atoms with Crippen LogP contribution in [0.2, 0.25) is 0 Å². The van der Waals surface area contributed by atoms with Gasteiger partial charge in [0.25, 0.3) is 0 Å². The average Bonchev–Trinajstić information content (AvgIpc) is 1.53. The lowest BCUT2D eigenvalue weighted by Gasteiger charge is -2.07. The minimum absolute atomic E-state index is 0.810. The molecule has 0 radical (unpaired) electrons. The van der Waals surface area contributed by atoms with Gasteiger partial charge in [-0.3, -0.25) is 4.99 Å². The van der Waals surface area contributed by atoms with E-state index in [1.807, 2.05) is 0 Å². The van der Waals surface area contributed by atoms with Gasteiger partial charge in [0.1, 0.15) is 5.71 Å². The predicted octanol–water partition coefficient (Wildman–Crippen LogP) is 32.2. The van der Waals surface area contributed by atoms with Gasteiger partial charge in [-0.25, -0.2) is 4.99 Å². The first-order chi connectivity index (χ1) is 47.2. The summed E-state index contributed by atoms with van der Waals surface area (Å²) in [5.41, 5.74) is 5.80. The van der Waals surface area contributed by atoms with Crippen molar-refractivity contribution < 1.29 is 0 Å². The van der Waals surface area contributed by atoms with E-state index in [-0.39, 0.29) is 0 Å². The van der Waals surface area contributed by atoms with E-state index < -0.39 is 0 Å². The van der Waals surface area contributed by atoms with Crippen LogP contribution in [0.5, 0.6) is 0 Å². The van der Waals surface area contributed by atoms with Gasteiger partial charge >= 0.3 is 0 Å². The van der Waals surface area contributed by atoms with Crippen LogP contribution in [0.4, 0.5) is 11.4 Å². The van der Waals surface area contributed by atoms with Crippen LogP contribution in [0.25, 0.3) is 0 Å². The van der Waals surface area contributed by atoms with Crippen molar-refractivity contribution >= 4 is 22.8 Å². The van der Waals surface area contributed by atoms with E-state index in [0.717, 1.165) is 78.9 Å². The van der Waals surface area contributed by atoms with Crippen molar-refractivity contribution in [2.75, 3.05) is 0 Å². The normalized spacial score (nSPS) is 11.6. The summed E-state index contributed by atoms with van der Waals surface area (Å²) in [6.45, 7) is 9.19. The molecule has 0 amide bonds. The lowest BCUT2D eigenvalue weighted by Crippen LogP contribution is -2.12. The maximum atomic E-state index is 5.29. The maximum absolute atomic E-state index is 5.29. The molecule has 2 aromatic carbocycles. The van der Waals surface area contributed by atoms with E-state index in [9.17, 15) is 0 Å². The Bertz CT molecular complexity index is 2160. The van der Waals surface area contributed by atoms with Gasteiger partial charge in [0, 0.05) is 30.4 Å². The lowest BCUT2D eigenvalue weighted by molar-refractivity contribution is 0.516. The van der Waals surface area contributed by atoms with Crippen LogP contribution in [-0.2, 0) is 0 Å². The Balaban J connectivity index is 1.81. The van der Waals surface area contributed by atoms with Crippen molar-refractivity contribution in [2.45, 2.75) is 471 Å². The molecule has 0 saturated carbocycles. The van der Waals surface area contributed by atoms with Crippen molar-refractivity contribution in [1.82, 2.24) is 0 Å². The minimum atomic E-state index is 0.810. The maximum Gasteiger partial charge on any atom is 0.135 e. The Morgan fingerprint density at radius 1 is 0.221 bits per heavy atom. The van der Waals surface area contributed by atoms with Gasteiger partial charge in [0.2, 0.25) is 0 Å². The molecule has 2 heteroatoms. The first kappa shape index (κ1) is 87.5. The molecule has 2 aromatic rings. The number of unbranched alkanes of at least 4 members (excludes halogenated alkanes) is 64. The summed E-state index contributed by atoms with van der Waals surface area (Å²) in [5, 5.41) is 0. The van der Waals surface area contributed by atoms with Crippen LogP contribution in [0.1, 0.15) is 482 Å². The van der Waals surface area contributed by atoms with Crippen LogP contribution in [-0.4, -0.2) is 11.4 Å². The number of nitrogens with zero attached hydrogens (tertiary/aromatic N) is 2. The summed E-state index contributed by atoms with van der Waals surface area (Å²) < 4.78 is 0. The minimum Gasteiger partial charge on any atom is -0.251 e. The Morgan fingerprint density at radius 3 is 0.653 bits per heavy atom. The summed E-state index contributed by atoms with van der Waals surface area (Å²) >= 11 is 0. The van der Waals surface area contributed by atoms with Gasteiger partial charge in [-0.15, -0.1) is 0 Å². The molecule has 0 saturated heterocycles. The fraction of sp³-hybridized carbons (Fsp3) is 0.785. The Kier molecular flexibility index (Phi) is 67.4. The quantitative estimate of drug-likeness (QED) is 0.0358. The fourth-order valence-electron chi connectivity index (χ4n) is 13.7. The van der Waals surface area contributed by atoms with E-state index in [2.05, 4.69) is 112 Å². The Labute approximate surface area is 595 Å². The lowest BCUT2D eigenvalue weighted by atomic mass is 10.0. The molecule has 95 heavy (non-hydrogen) atoms. The first-order valence-corrected chi connectivity index (χ1v) is 43.0. The van der Waals surface area contributed by atoms with Crippen molar-refractivity contribution in [3.05, 3.63) is 59.7 Å². The number of hydrogen-bond donors (Lipinski definition) is 0. The van der Waals surface area contributed by atoms with Crippen LogP contribution in [0.15, 0.2) is 58.5 Å². The van der Waals surface area contributed by atoms with Gasteiger partial charge < -0.3 is 0 Å². The van der Waals surface area contributed by atoms with Gasteiger partial charge in [-0.2, -0.15) is 0 Å². The summed E-state index contributed by atoms with van der Waals surface area (Å²) in [6, 6.07) is 17.1. The number of hydrogen-bond acceptors (Lipinski definition) is 2. The molecule has 0 fully saturated rings. The molecular formula is C93H158N2.